The van der Waals surface area contributed by atoms with Gasteiger partial charge in [-0.05, 0) is 54.9 Å². The van der Waals surface area contributed by atoms with Crippen molar-refractivity contribution in [1.82, 2.24) is 20.1 Å². The van der Waals surface area contributed by atoms with Crippen LogP contribution in [-0.2, 0) is 22.7 Å². The fourth-order valence-corrected chi connectivity index (χ4v) is 6.51. The monoisotopic (exact) mass is 530 g/mol. The number of fused-ring (bicyclic) bond motifs is 1. The minimum absolute atomic E-state index is 0.0777. The standard InChI is InChI=1S/C30H34N4O3S/c1-18(2)26(34-16-23-8-5-7-19(3)25(23)29(34)36)30(37)33-14-6-9-24(33)28(35)31-15-21-10-12-22(13-11-21)27-20(4)32-17-38-27/h5,7-8,10-13,17-18,24,26H,6,9,14-16H2,1-4H3,(H,31,35)/t24-,26?/m0/s1. The van der Waals surface area contributed by atoms with Gasteiger partial charge in [0.2, 0.25) is 11.8 Å². The molecule has 1 fully saturated rings. The topological polar surface area (TPSA) is 82.6 Å². The number of carbonyl (C=O) groups excluding carboxylic acids is 3. The molecular weight excluding hydrogens is 496 g/mol. The van der Waals surface area contributed by atoms with E-state index >= 15 is 0 Å². The minimum atomic E-state index is -0.606. The molecule has 1 saturated heterocycles. The number of carbonyl (C=O) groups is 3. The van der Waals surface area contributed by atoms with Gasteiger partial charge < -0.3 is 15.1 Å². The third kappa shape index (κ3) is 4.85. The second-order valence-electron chi connectivity index (χ2n) is 10.6. The first-order valence-electron chi connectivity index (χ1n) is 13.2. The molecule has 7 nitrogen and oxygen atoms in total. The van der Waals surface area contributed by atoms with Crippen molar-refractivity contribution in [3.05, 3.63) is 75.9 Å². The fourth-order valence-electron chi connectivity index (χ4n) is 5.70. The van der Waals surface area contributed by atoms with Crippen LogP contribution in [0.5, 0.6) is 0 Å². The Kier molecular flexibility index (Phi) is 7.34. The summed E-state index contributed by atoms with van der Waals surface area (Å²) in [6.45, 7) is 9.21. The lowest BCUT2D eigenvalue weighted by Crippen LogP contribution is -2.55. The molecule has 3 amide bonds. The van der Waals surface area contributed by atoms with Crippen LogP contribution in [0, 0.1) is 19.8 Å². The van der Waals surface area contributed by atoms with Gasteiger partial charge in [0, 0.05) is 25.2 Å². The zero-order valence-corrected chi connectivity index (χ0v) is 23.2. The predicted octanol–water partition coefficient (Wildman–Crippen LogP) is 4.71. The summed E-state index contributed by atoms with van der Waals surface area (Å²) in [4.78, 5) is 49.3. The number of aromatic nitrogens is 1. The highest BCUT2D eigenvalue weighted by Gasteiger charge is 2.44. The molecule has 3 aromatic rings. The van der Waals surface area contributed by atoms with Crippen LogP contribution in [0.15, 0.2) is 48.0 Å². The Hall–Kier alpha value is -3.52. The van der Waals surface area contributed by atoms with E-state index in [1.807, 2.05) is 75.7 Å². The predicted molar refractivity (Wildman–Crippen MR) is 149 cm³/mol. The third-order valence-corrected chi connectivity index (χ3v) is 8.64. The molecule has 0 bridgehead atoms. The van der Waals surface area contributed by atoms with Crippen molar-refractivity contribution in [3.63, 3.8) is 0 Å². The van der Waals surface area contributed by atoms with Crippen LogP contribution in [0.1, 0.15) is 59.4 Å². The highest BCUT2D eigenvalue weighted by atomic mass is 32.1. The van der Waals surface area contributed by atoms with Gasteiger partial charge in [0.05, 0.1) is 16.1 Å². The van der Waals surface area contributed by atoms with E-state index < -0.39 is 12.1 Å². The molecule has 0 aliphatic carbocycles. The van der Waals surface area contributed by atoms with Crippen molar-refractivity contribution < 1.29 is 14.4 Å². The van der Waals surface area contributed by atoms with Gasteiger partial charge in [0.25, 0.3) is 5.91 Å². The number of amides is 3. The first kappa shape index (κ1) is 26.1. The molecule has 0 saturated carbocycles. The molecule has 0 spiro atoms. The molecule has 1 N–H and O–H groups in total. The molecule has 2 aliphatic rings. The highest BCUT2D eigenvalue weighted by Crippen LogP contribution is 2.32. The Morgan fingerprint density at radius 3 is 2.55 bits per heavy atom. The van der Waals surface area contributed by atoms with E-state index in [0.717, 1.165) is 39.2 Å². The van der Waals surface area contributed by atoms with Gasteiger partial charge in [0.1, 0.15) is 12.1 Å². The SMILES string of the molecule is Cc1cccc2c1C(=O)N(C(C(=O)N1CCC[C@H]1C(=O)NCc1ccc(-c3scnc3C)cc1)C(C)C)C2. The van der Waals surface area contributed by atoms with Gasteiger partial charge in [-0.25, -0.2) is 4.98 Å². The van der Waals surface area contributed by atoms with E-state index in [-0.39, 0.29) is 23.6 Å². The molecule has 198 valence electrons. The summed E-state index contributed by atoms with van der Waals surface area (Å²) in [5.74, 6) is -0.457. The average molecular weight is 531 g/mol. The number of nitrogens with zero attached hydrogens (tertiary/aromatic N) is 3. The van der Waals surface area contributed by atoms with Crippen molar-refractivity contribution in [1.29, 1.82) is 0 Å². The van der Waals surface area contributed by atoms with Crippen molar-refractivity contribution in [2.24, 2.45) is 5.92 Å². The lowest BCUT2D eigenvalue weighted by Gasteiger charge is -2.35. The number of hydrogen-bond acceptors (Lipinski definition) is 5. The molecular formula is C30H34N4O3S. The number of aryl methyl sites for hydroxylation is 2. The van der Waals surface area contributed by atoms with Gasteiger partial charge >= 0.3 is 0 Å². The van der Waals surface area contributed by atoms with Crippen molar-refractivity contribution >= 4 is 29.1 Å². The average Bonchev–Trinajstić information content (AvgIpc) is 3.63. The van der Waals surface area contributed by atoms with Crippen LogP contribution in [-0.4, -0.2) is 51.1 Å². The zero-order valence-electron chi connectivity index (χ0n) is 22.4. The van der Waals surface area contributed by atoms with Gasteiger partial charge in [-0.3, -0.25) is 14.4 Å². The maximum absolute atomic E-state index is 13.9. The van der Waals surface area contributed by atoms with Crippen LogP contribution in [0.3, 0.4) is 0 Å². The Bertz CT molecular complexity index is 1360. The quantitative estimate of drug-likeness (QED) is 0.480. The summed E-state index contributed by atoms with van der Waals surface area (Å²) in [7, 11) is 0. The van der Waals surface area contributed by atoms with Gasteiger partial charge in [0.15, 0.2) is 0 Å². The summed E-state index contributed by atoms with van der Waals surface area (Å²) in [6, 6.07) is 12.8. The fraction of sp³-hybridized carbons (Fsp3) is 0.400. The van der Waals surface area contributed by atoms with Crippen molar-refractivity contribution in [2.45, 2.75) is 65.7 Å². The number of benzene rings is 2. The molecule has 3 heterocycles. The van der Waals surface area contributed by atoms with E-state index in [4.69, 9.17) is 0 Å². The largest absolute Gasteiger partial charge is 0.350 e. The lowest BCUT2D eigenvalue weighted by molar-refractivity contribution is -0.143. The van der Waals surface area contributed by atoms with E-state index in [0.29, 0.717) is 31.6 Å². The van der Waals surface area contributed by atoms with Gasteiger partial charge in [-0.2, -0.15) is 0 Å². The molecule has 2 aliphatic heterocycles. The molecule has 38 heavy (non-hydrogen) atoms. The second-order valence-corrected chi connectivity index (χ2v) is 11.5. The maximum atomic E-state index is 13.9. The molecule has 0 radical (unpaired) electrons. The number of nitrogens with one attached hydrogen (secondary N) is 1. The molecule has 2 atom stereocenters. The minimum Gasteiger partial charge on any atom is -0.350 e. The smallest absolute Gasteiger partial charge is 0.255 e. The van der Waals surface area contributed by atoms with E-state index in [9.17, 15) is 14.4 Å². The summed E-state index contributed by atoms with van der Waals surface area (Å²) < 4.78 is 0. The van der Waals surface area contributed by atoms with Crippen molar-refractivity contribution in [2.75, 3.05) is 6.54 Å². The van der Waals surface area contributed by atoms with Crippen LogP contribution in [0.4, 0.5) is 0 Å². The third-order valence-electron chi connectivity index (χ3n) is 7.66. The number of likely N-dealkylation sites (tertiary alicyclic amines) is 1. The van der Waals surface area contributed by atoms with E-state index in [1.165, 1.54) is 0 Å². The summed E-state index contributed by atoms with van der Waals surface area (Å²) in [5.41, 5.74) is 7.56. The highest BCUT2D eigenvalue weighted by molar-refractivity contribution is 7.13. The molecule has 1 unspecified atom stereocenters. The Balaban J connectivity index is 1.26. The van der Waals surface area contributed by atoms with Gasteiger partial charge in [-0.15, -0.1) is 11.3 Å². The molecule has 5 rings (SSSR count). The van der Waals surface area contributed by atoms with Crippen LogP contribution in [0.2, 0.25) is 0 Å². The van der Waals surface area contributed by atoms with Crippen LogP contribution >= 0.6 is 11.3 Å². The first-order valence-corrected chi connectivity index (χ1v) is 14.1. The molecule has 1 aromatic heterocycles. The number of thiazole rings is 1. The zero-order chi connectivity index (χ0) is 27.0. The Morgan fingerprint density at radius 1 is 1.13 bits per heavy atom. The maximum Gasteiger partial charge on any atom is 0.255 e. The summed E-state index contributed by atoms with van der Waals surface area (Å²) in [6.07, 6.45) is 1.39. The van der Waals surface area contributed by atoms with E-state index in [1.54, 1.807) is 21.1 Å². The Morgan fingerprint density at radius 2 is 1.89 bits per heavy atom. The van der Waals surface area contributed by atoms with Crippen molar-refractivity contribution in [3.8, 4) is 10.4 Å². The first-order chi connectivity index (χ1) is 18.3. The van der Waals surface area contributed by atoms with Crippen LogP contribution < -0.4 is 5.32 Å². The number of hydrogen-bond donors (Lipinski definition) is 1. The second kappa shape index (κ2) is 10.7. The van der Waals surface area contributed by atoms with E-state index in [2.05, 4.69) is 10.3 Å². The Labute approximate surface area is 227 Å². The van der Waals surface area contributed by atoms with Gasteiger partial charge in [-0.1, -0.05) is 56.3 Å². The normalized spacial score (nSPS) is 17.7. The molecule has 8 heteroatoms. The summed E-state index contributed by atoms with van der Waals surface area (Å²) in [5, 5.41) is 3.04. The van der Waals surface area contributed by atoms with Crippen LogP contribution in [0.25, 0.3) is 10.4 Å². The molecule has 2 aromatic carbocycles. The summed E-state index contributed by atoms with van der Waals surface area (Å²) >= 11 is 1.61. The lowest BCUT2D eigenvalue weighted by atomic mass is 10.00. The number of rotatable bonds is 7.